The number of rotatable bonds is 4. The average Bonchev–Trinajstić information content (AvgIpc) is 3.31. The van der Waals surface area contributed by atoms with Crippen molar-refractivity contribution in [2.45, 2.75) is 32.7 Å². The first-order valence-corrected chi connectivity index (χ1v) is 10.9. The van der Waals surface area contributed by atoms with Crippen molar-refractivity contribution in [3.05, 3.63) is 94.3 Å². The number of benzene rings is 3. The fourth-order valence-electron chi connectivity index (χ4n) is 4.49. The number of carbonyl (C=O) groups is 1. The van der Waals surface area contributed by atoms with Crippen molar-refractivity contribution in [3.63, 3.8) is 0 Å². The summed E-state index contributed by atoms with van der Waals surface area (Å²) in [5.41, 5.74) is 6.70. The summed E-state index contributed by atoms with van der Waals surface area (Å²) in [7, 11) is 0. The summed E-state index contributed by atoms with van der Waals surface area (Å²) >= 11 is 6.17. The Bertz CT molecular complexity index is 1290. The number of hydrogen-bond acceptors (Lipinski definition) is 2. The van der Waals surface area contributed by atoms with Crippen LogP contribution in [0, 0.1) is 13.8 Å². The fourth-order valence-corrected chi connectivity index (χ4v) is 4.67. The van der Waals surface area contributed by atoms with E-state index in [1.54, 1.807) is 0 Å². The molecule has 156 valence electrons. The van der Waals surface area contributed by atoms with Gasteiger partial charge in [0.2, 0.25) is 5.91 Å². The van der Waals surface area contributed by atoms with Gasteiger partial charge in [0, 0.05) is 36.1 Å². The zero-order valence-corrected chi connectivity index (χ0v) is 18.4. The van der Waals surface area contributed by atoms with Crippen molar-refractivity contribution in [3.8, 4) is 0 Å². The quantitative estimate of drug-likeness (QED) is 0.406. The maximum Gasteiger partial charge on any atom is 0.227 e. The van der Waals surface area contributed by atoms with Gasteiger partial charge in [-0.3, -0.25) is 4.79 Å². The minimum atomic E-state index is 0.0315. The van der Waals surface area contributed by atoms with Crippen LogP contribution in [0.1, 0.15) is 34.9 Å². The van der Waals surface area contributed by atoms with Gasteiger partial charge in [0.25, 0.3) is 0 Å². The van der Waals surface area contributed by atoms with E-state index in [0.29, 0.717) is 18.0 Å². The molecule has 0 radical (unpaired) electrons. The van der Waals surface area contributed by atoms with Crippen LogP contribution in [0.3, 0.4) is 0 Å². The molecule has 0 N–H and O–H groups in total. The zero-order valence-electron chi connectivity index (χ0n) is 17.7. The molecule has 1 aliphatic rings. The zero-order chi connectivity index (χ0) is 21.5. The molecule has 0 spiro atoms. The lowest BCUT2D eigenvalue weighted by molar-refractivity contribution is -0.117. The van der Waals surface area contributed by atoms with Crippen molar-refractivity contribution in [1.29, 1.82) is 0 Å². The van der Waals surface area contributed by atoms with Gasteiger partial charge in [-0.1, -0.05) is 53.6 Å². The van der Waals surface area contributed by atoms with Gasteiger partial charge < -0.3 is 9.47 Å². The number of amides is 1. The number of fused-ring (bicyclic) bond motifs is 1. The van der Waals surface area contributed by atoms with Crippen LogP contribution in [0.2, 0.25) is 5.02 Å². The minimum Gasteiger partial charge on any atom is -0.323 e. The number of imidazole rings is 1. The molecule has 1 saturated heterocycles. The highest BCUT2D eigenvalue weighted by atomic mass is 35.5. The number of aryl methyl sites for hydroxylation is 2. The van der Waals surface area contributed by atoms with Crippen LogP contribution in [-0.4, -0.2) is 22.0 Å². The Hall–Kier alpha value is -3.11. The van der Waals surface area contributed by atoms with Gasteiger partial charge in [-0.2, -0.15) is 0 Å². The lowest BCUT2D eigenvalue weighted by atomic mass is 10.0. The molecule has 3 aromatic carbocycles. The molecule has 0 saturated carbocycles. The molecule has 2 heterocycles. The molecule has 0 bridgehead atoms. The standard InChI is InChI=1S/C26H24ClN3O/c1-17-10-11-18(2)19(12-17)15-30-24-9-4-3-8-23(24)28-26(30)20-13-25(31)29(16-20)22-7-5-6-21(27)14-22/h3-12,14,20H,13,15-16H2,1-2H3/t20-/m0/s1. The van der Waals surface area contributed by atoms with Gasteiger partial charge in [0.05, 0.1) is 11.0 Å². The van der Waals surface area contributed by atoms with E-state index in [-0.39, 0.29) is 11.8 Å². The summed E-state index contributed by atoms with van der Waals surface area (Å²) in [6, 6.07) is 22.3. The minimum absolute atomic E-state index is 0.0315. The van der Waals surface area contributed by atoms with Gasteiger partial charge in [-0.15, -0.1) is 0 Å². The third-order valence-electron chi connectivity index (χ3n) is 6.13. The highest BCUT2D eigenvalue weighted by molar-refractivity contribution is 6.30. The number of carbonyl (C=O) groups excluding carboxylic acids is 1. The van der Waals surface area contributed by atoms with Gasteiger partial charge in [-0.25, -0.2) is 4.98 Å². The second-order valence-electron chi connectivity index (χ2n) is 8.36. The van der Waals surface area contributed by atoms with E-state index in [0.717, 1.165) is 29.1 Å². The summed E-state index contributed by atoms with van der Waals surface area (Å²) in [5.74, 6) is 1.11. The van der Waals surface area contributed by atoms with E-state index in [9.17, 15) is 4.79 Å². The van der Waals surface area contributed by atoms with Crippen LogP contribution in [-0.2, 0) is 11.3 Å². The van der Waals surface area contributed by atoms with Crippen LogP contribution in [0.15, 0.2) is 66.7 Å². The van der Waals surface area contributed by atoms with Crippen molar-refractivity contribution in [1.82, 2.24) is 9.55 Å². The largest absolute Gasteiger partial charge is 0.323 e. The Morgan fingerprint density at radius 1 is 1.03 bits per heavy atom. The highest BCUT2D eigenvalue weighted by Crippen LogP contribution is 2.34. The van der Waals surface area contributed by atoms with E-state index in [1.807, 2.05) is 47.4 Å². The normalized spacial score (nSPS) is 16.4. The molecule has 1 aliphatic heterocycles. The molecule has 0 aliphatic carbocycles. The summed E-state index contributed by atoms with van der Waals surface area (Å²) < 4.78 is 2.29. The average molecular weight is 430 g/mol. The second-order valence-corrected chi connectivity index (χ2v) is 8.80. The van der Waals surface area contributed by atoms with E-state index < -0.39 is 0 Å². The number of para-hydroxylation sites is 2. The molecule has 1 aromatic heterocycles. The van der Waals surface area contributed by atoms with Crippen molar-refractivity contribution >= 4 is 34.2 Å². The third kappa shape index (κ3) is 3.72. The lowest BCUT2D eigenvalue weighted by Crippen LogP contribution is -2.24. The maximum atomic E-state index is 12.9. The molecular weight excluding hydrogens is 406 g/mol. The first-order chi connectivity index (χ1) is 15.0. The number of nitrogens with zero attached hydrogens (tertiary/aromatic N) is 3. The topological polar surface area (TPSA) is 38.1 Å². The lowest BCUT2D eigenvalue weighted by Gasteiger charge is -2.18. The van der Waals surface area contributed by atoms with Crippen LogP contribution in [0.4, 0.5) is 5.69 Å². The molecule has 31 heavy (non-hydrogen) atoms. The molecule has 0 unspecified atom stereocenters. The number of anilines is 1. The van der Waals surface area contributed by atoms with E-state index in [1.165, 1.54) is 16.7 Å². The summed E-state index contributed by atoms with van der Waals surface area (Å²) in [5, 5.41) is 0.635. The fraction of sp³-hybridized carbons (Fsp3) is 0.231. The Labute approximate surface area is 187 Å². The van der Waals surface area contributed by atoms with Crippen molar-refractivity contribution < 1.29 is 4.79 Å². The van der Waals surface area contributed by atoms with Crippen molar-refractivity contribution in [2.24, 2.45) is 0 Å². The van der Waals surface area contributed by atoms with Crippen LogP contribution < -0.4 is 4.90 Å². The van der Waals surface area contributed by atoms with Crippen LogP contribution in [0.25, 0.3) is 11.0 Å². The predicted molar refractivity (Wildman–Crippen MR) is 126 cm³/mol. The Balaban J connectivity index is 1.55. The molecule has 5 heteroatoms. The number of halogens is 1. The Kier molecular flexibility index (Phi) is 5.03. The first-order valence-electron chi connectivity index (χ1n) is 10.6. The maximum absolute atomic E-state index is 12.9. The molecular formula is C26H24ClN3O. The van der Waals surface area contributed by atoms with Crippen molar-refractivity contribution in [2.75, 3.05) is 11.4 Å². The van der Waals surface area contributed by atoms with Crippen LogP contribution in [0.5, 0.6) is 0 Å². The number of aromatic nitrogens is 2. The highest BCUT2D eigenvalue weighted by Gasteiger charge is 2.35. The van der Waals surface area contributed by atoms with Crippen LogP contribution >= 0.6 is 11.6 Å². The molecule has 4 aromatic rings. The van der Waals surface area contributed by atoms with Gasteiger partial charge >= 0.3 is 0 Å². The Morgan fingerprint density at radius 2 is 1.87 bits per heavy atom. The summed E-state index contributed by atoms with van der Waals surface area (Å²) in [6.07, 6.45) is 0.447. The third-order valence-corrected chi connectivity index (χ3v) is 6.36. The van der Waals surface area contributed by atoms with E-state index in [4.69, 9.17) is 16.6 Å². The first kappa shape index (κ1) is 19.8. The SMILES string of the molecule is Cc1ccc(C)c(Cn2c([C@H]3CC(=O)N(c4cccc(Cl)c4)C3)nc3ccccc32)c1. The molecule has 4 nitrogen and oxygen atoms in total. The van der Waals surface area contributed by atoms with E-state index in [2.05, 4.69) is 42.7 Å². The van der Waals surface area contributed by atoms with Gasteiger partial charge in [0.15, 0.2) is 0 Å². The molecule has 1 atom stereocenters. The molecule has 5 rings (SSSR count). The van der Waals surface area contributed by atoms with E-state index >= 15 is 0 Å². The van der Waals surface area contributed by atoms with Gasteiger partial charge in [0.1, 0.15) is 5.82 Å². The predicted octanol–water partition coefficient (Wildman–Crippen LogP) is 5.88. The smallest absolute Gasteiger partial charge is 0.227 e. The monoisotopic (exact) mass is 429 g/mol. The molecule has 1 fully saturated rings. The van der Waals surface area contributed by atoms with Gasteiger partial charge in [-0.05, 0) is 55.3 Å². The molecule has 1 amide bonds. The summed E-state index contributed by atoms with van der Waals surface area (Å²) in [4.78, 5) is 19.7. The number of hydrogen-bond donors (Lipinski definition) is 0. The second kappa shape index (κ2) is 7.86. The summed E-state index contributed by atoms with van der Waals surface area (Å²) in [6.45, 7) is 5.61. The Morgan fingerprint density at radius 3 is 2.71 bits per heavy atom.